The summed E-state index contributed by atoms with van der Waals surface area (Å²) in [6, 6.07) is 0. The maximum absolute atomic E-state index is 11.5. The zero-order valence-electron chi connectivity index (χ0n) is 19.1. The molecular weight excluding hydrogens is 342 g/mol. The van der Waals surface area contributed by atoms with Crippen molar-refractivity contribution in [1.29, 1.82) is 0 Å². The molecule has 0 bridgehead atoms. The fourth-order valence-electron chi connectivity index (χ4n) is 3.01. The first kappa shape index (κ1) is 26.7. The van der Waals surface area contributed by atoms with Crippen molar-refractivity contribution in [3.8, 4) is 0 Å². The van der Waals surface area contributed by atoms with Gasteiger partial charge in [-0.15, -0.1) is 0 Å². The number of unbranched alkanes of at least 4 members (excludes halogenated alkanes) is 12. The lowest BCUT2D eigenvalue weighted by Gasteiger charge is -2.03. The van der Waals surface area contributed by atoms with E-state index in [2.05, 4.69) is 44.3 Å². The van der Waals surface area contributed by atoms with Crippen LogP contribution in [0.2, 0.25) is 0 Å². The molecule has 0 aliphatic rings. The molecule has 0 heterocycles. The molecule has 0 atom stereocenters. The Kier molecular flexibility index (Phi) is 21.0. The Labute approximate surface area is 176 Å². The lowest BCUT2D eigenvalue weighted by Crippen LogP contribution is -2.25. The van der Waals surface area contributed by atoms with Crippen LogP contribution in [0, 0.1) is 5.92 Å². The Morgan fingerprint density at radius 2 is 1.21 bits per heavy atom. The van der Waals surface area contributed by atoms with Gasteiger partial charge in [0.2, 0.25) is 5.91 Å². The van der Waals surface area contributed by atoms with Gasteiger partial charge in [-0.25, -0.2) is 0 Å². The fraction of sp³-hybridized carbons (Fsp3) is 0.731. The van der Waals surface area contributed by atoms with Gasteiger partial charge in [0.25, 0.3) is 0 Å². The monoisotopic (exact) mass is 389 g/mol. The number of amides is 1. The zero-order chi connectivity index (χ0) is 20.7. The maximum Gasteiger partial charge on any atom is 0.243 e. The summed E-state index contributed by atoms with van der Waals surface area (Å²) in [6.45, 7) is 7.20. The van der Waals surface area contributed by atoms with Crippen molar-refractivity contribution in [2.75, 3.05) is 6.54 Å². The second-order valence-corrected chi connectivity index (χ2v) is 8.30. The third-order valence-electron chi connectivity index (χ3n) is 4.81. The van der Waals surface area contributed by atoms with Gasteiger partial charge in [-0.05, 0) is 44.4 Å². The van der Waals surface area contributed by atoms with E-state index < -0.39 is 0 Å². The van der Waals surface area contributed by atoms with Crippen LogP contribution in [0.25, 0.3) is 0 Å². The molecule has 0 radical (unpaired) electrons. The highest BCUT2D eigenvalue weighted by Crippen LogP contribution is 2.10. The molecule has 0 fully saturated rings. The summed E-state index contributed by atoms with van der Waals surface area (Å²) in [4.78, 5) is 11.5. The molecule has 0 saturated heterocycles. The van der Waals surface area contributed by atoms with E-state index in [4.69, 9.17) is 0 Å². The molecular formula is C26H47NO. The van der Waals surface area contributed by atoms with Gasteiger partial charge in [-0.2, -0.15) is 0 Å². The summed E-state index contributed by atoms with van der Waals surface area (Å²) in [7, 11) is 0. The summed E-state index contributed by atoms with van der Waals surface area (Å²) in [5.41, 5.74) is 0. The van der Waals surface area contributed by atoms with Crippen molar-refractivity contribution in [3.63, 3.8) is 0 Å². The lowest BCUT2D eigenvalue weighted by atomic mass is 10.1. The molecule has 28 heavy (non-hydrogen) atoms. The number of carbonyl (C=O) groups excluding carboxylic acids is 1. The van der Waals surface area contributed by atoms with Crippen LogP contribution in [0.3, 0.4) is 0 Å². The van der Waals surface area contributed by atoms with Gasteiger partial charge < -0.3 is 5.32 Å². The summed E-state index contributed by atoms with van der Waals surface area (Å²) < 4.78 is 0. The molecule has 0 unspecified atom stereocenters. The van der Waals surface area contributed by atoms with Crippen molar-refractivity contribution in [2.24, 2.45) is 5.92 Å². The SMILES string of the molecule is CCCCCCC/C=C\CCCCCCCC/C=C/C=C/C(=O)NCC(C)C. The predicted molar refractivity (Wildman–Crippen MR) is 126 cm³/mol. The largest absolute Gasteiger partial charge is 0.352 e. The highest BCUT2D eigenvalue weighted by Gasteiger charge is 1.96. The number of hydrogen-bond acceptors (Lipinski definition) is 1. The van der Waals surface area contributed by atoms with E-state index in [9.17, 15) is 4.79 Å². The van der Waals surface area contributed by atoms with E-state index >= 15 is 0 Å². The van der Waals surface area contributed by atoms with Crippen LogP contribution >= 0.6 is 0 Å². The van der Waals surface area contributed by atoms with Crippen molar-refractivity contribution in [3.05, 3.63) is 36.5 Å². The van der Waals surface area contributed by atoms with Gasteiger partial charge in [-0.3, -0.25) is 4.79 Å². The van der Waals surface area contributed by atoms with Crippen molar-refractivity contribution >= 4 is 5.91 Å². The number of carbonyl (C=O) groups is 1. The minimum atomic E-state index is 0.000156. The van der Waals surface area contributed by atoms with Gasteiger partial charge in [0, 0.05) is 12.6 Å². The highest BCUT2D eigenvalue weighted by atomic mass is 16.1. The molecule has 0 rings (SSSR count). The van der Waals surface area contributed by atoms with Crippen molar-refractivity contribution in [1.82, 2.24) is 5.32 Å². The lowest BCUT2D eigenvalue weighted by molar-refractivity contribution is -0.116. The van der Waals surface area contributed by atoms with Crippen LogP contribution in [0.5, 0.6) is 0 Å². The Bertz CT molecular complexity index is 420. The summed E-state index contributed by atoms with van der Waals surface area (Å²) in [6.07, 6.45) is 30.9. The molecule has 1 N–H and O–H groups in total. The van der Waals surface area contributed by atoms with Crippen molar-refractivity contribution < 1.29 is 4.79 Å². The van der Waals surface area contributed by atoms with Crippen LogP contribution in [-0.4, -0.2) is 12.5 Å². The predicted octanol–water partition coefficient (Wildman–Crippen LogP) is 7.91. The fourth-order valence-corrected chi connectivity index (χ4v) is 3.01. The van der Waals surface area contributed by atoms with E-state index in [1.165, 1.54) is 83.5 Å². The molecule has 2 heteroatoms. The van der Waals surface area contributed by atoms with E-state index in [0.29, 0.717) is 5.92 Å². The molecule has 0 aromatic carbocycles. The standard InChI is InChI=1S/C26H47NO/c1-4-5-6-7-8-9-10-11-12-13-14-15-16-17-18-19-20-21-22-23-26(28)27-24-25(2)3/h10-11,20-23,25H,4-9,12-19,24H2,1-3H3,(H,27,28)/b11-10-,21-20+,23-22+. The van der Waals surface area contributed by atoms with Gasteiger partial charge in [0.05, 0.1) is 0 Å². The van der Waals surface area contributed by atoms with Crippen LogP contribution in [-0.2, 0) is 4.79 Å². The van der Waals surface area contributed by atoms with E-state index in [1.807, 2.05) is 12.2 Å². The smallest absolute Gasteiger partial charge is 0.243 e. The third kappa shape index (κ3) is 22.7. The maximum atomic E-state index is 11.5. The molecule has 0 spiro atoms. The first-order valence-electron chi connectivity index (χ1n) is 11.9. The van der Waals surface area contributed by atoms with Crippen LogP contribution < -0.4 is 5.32 Å². The Morgan fingerprint density at radius 1 is 0.714 bits per heavy atom. The number of hydrogen-bond donors (Lipinski definition) is 1. The summed E-state index contributed by atoms with van der Waals surface area (Å²) in [5, 5.41) is 2.88. The zero-order valence-corrected chi connectivity index (χ0v) is 19.1. The Hall–Kier alpha value is -1.31. The topological polar surface area (TPSA) is 29.1 Å². The van der Waals surface area contributed by atoms with Crippen LogP contribution in [0.4, 0.5) is 0 Å². The molecule has 162 valence electrons. The van der Waals surface area contributed by atoms with Gasteiger partial charge in [0.15, 0.2) is 0 Å². The first-order valence-corrected chi connectivity index (χ1v) is 11.9. The number of nitrogens with one attached hydrogen (secondary N) is 1. The Morgan fingerprint density at radius 3 is 1.75 bits per heavy atom. The quantitative estimate of drug-likeness (QED) is 0.103. The molecule has 0 aromatic rings. The molecule has 0 aliphatic heterocycles. The normalized spacial score (nSPS) is 12.1. The summed E-state index contributed by atoms with van der Waals surface area (Å²) in [5.74, 6) is 0.495. The second kappa shape index (κ2) is 22.0. The first-order chi connectivity index (χ1) is 13.7. The van der Waals surface area contributed by atoms with Gasteiger partial charge >= 0.3 is 0 Å². The van der Waals surface area contributed by atoms with Crippen LogP contribution in [0.1, 0.15) is 111 Å². The average molecular weight is 390 g/mol. The Balaban J connectivity index is 3.31. The van der Waals surface area contributed by atoms with Gasteiger partial charge in [-0.1, -0.05) is 103 Å². The van der Waals surface area contributed by atoms with Crippen molar-refractivity contribution in [2.45, 2.75) is 111 Å². The minimum absolute atomic E-state index is 0.000156. The summed E-state index contributed by atoms with van der Waals surface area (Å²) >= 11 is 0. The molecule has 1 amide bonds. The highest BCUT2D eigenvalue weighted by molar-refractivity contribution is 5.87. The third-order valence-corrected chi connectivity index (χ3v) is 4.81. The molecule has 0 aromatic heterocycles. The van der Waals surface area contributed by atoms with E-state index in [1.54, 1.807) is 6.08 Å². The average Bonchev–Trinajstić information content (AvgIpc) is 2.68. The number of rotatable bonds is 19. The van der Waals surface area contributed by atoms with Crippen LogP contribution in [0.15, 0.2) is 36.5 Å². The van der Waals surface area contributed by atoms with E-state index in [0.717, 1.165) is 13.0 Å². The molecule has 2 nitrogen and oxygen atoms in total. The molecule has 0 aliphatic carbocycles. The minimum Gasteiger partial charge on any atom is -0.352 e. The number of allylic oxidation sites excluding steroid dienone is 5. The molecule has 0 saturated carbocycles. The second-order valence-electron chi connectivity index (χ2n) is 8.30. The van der Waals surface area contributed by atoms with Gasteiger partial charge in [0.1, 0.15) is 0 Å². The van der Waals surface area contributed by atoms with E-state index in [-0.39, 0.29) is 5.91 Å².